The predicted octanol–water partition coefficient (Wildman–Crippen LogP) is 3.20. The average Bonchev–Trinajstić information content (AvgIpc) is 3.31. The van der Waals surface area contributed by atoms with Crippen molar-refractivity contribution < 1.29 is 9.18 Å². The third-order valence-electron chi connectivity index (χ3n) is 7.58. The number of piperidine rings is 1. The van der Waals surface area contributed by atoms with Gasteiger partial charge in [0.1, 0.15) is 11.5 Å². The van der Waals surface area contributed by atoms with Gasteiger partial charge in [0.15, 0.2) is 5.82 Å². The second-order valence-electron chi connectivity index (χ2n) is 10.3. The quantitative estimate of drug-likeness (QED) is 0.488. The lowest BCUT2D eigenvalue weighted by molar-refractivity contribution is 0.0946. The predicted molar refractivity (Wildman–Crippen MR) is 136 cm³/mol. The van der Waals surface area contributed by atoms with E-state index in [4.69, 9.17) is 0 Å². The van der Waals surface area contributed by atoms with Crippen LogP contribution in [0.3, 0.4) is 0 Å². The molecule has 1 amide bonds. The standard InChI is InChI=1S/C26H31FN8O/c1-34-14-17(15-34)10-16-5-8-35(9-6-16)18-2-3-23(29-12-18)32-26-30-13-20(27)24(33-26)22-11-19-21(31-22)4-7-28-25(19)36/h2-3,11-13,16-17,31H,4-10,14-15H2,1H3,(H,28,36)(H,29,30,32,33). The number of amides is 1. The molecule has 0 aromatic carbocycles. The molecule has 3 aromatic heterocycles. The normalized spacial score (nSPS) is 19.1. The van der Waals surface area contributed by atoms with E-state index in [9.17, 15) is 9.18 Å². The molecule has 9 nitrogen and oxygen atoms in total. The van der Waals surface area contributed by atoms with E-state index >= 15 is 0 Å². The van der Waals surface area contributed by atoms with E-state index in [0.717, 1.165) is 42.5 Å². The van der Waals surface area contributed by atoms with Gasteiger partial charge >= 0.3 is 0 Å². The Balaban J connectivity index is 1.09. The summed E-state index contributed by atoms with van der Waals surface area (Å²) in [6.45, 7) is 5.18. The lowest BCUT2D eigenvalue weighted by Gasteiger charge is -2.40. The summed E-state index contributed by atoms with van der Waals surface area (Å²) < 4.78 is 14.6. The minimum Gasteiger partial charge on any atom is -0.370 e. The van der Waals surface area contributed by atoms with Crippen LogP contribution in [0.5, 0.6) is 0 Å². The molecule has 2 fully saturated rings. The number of pyridine rings is 1. The minimum absolute atomic E-state index is 0.114. The largest absolute Gasteiger partial charge is 0.370 e. The number of aromatic amines is 1. The first-order valence-electron chi connectivity index (χ1n) is 12.7. The Bertz CT molecular complexity index is 1250. The highest BCUT2D eigenvalue weighted by Gasteiger charge is 2.28. The van der Waals surface area contributed by atoms with Crippen LogP contribution in [0.4, 0.5) is 21.8 Å². The van der Waals surface area contributed by atoms with Gasteiger partial charge < -0.3 is 25.4 Å². The highest BCUT2D eigenvalue weighted by Crippen LogP contribution is 2.31. The molecule has 10 heteroatoms. The van der Waals surface area contributed by atoms with Crippen molar-refractivity contribution in [2.24, 2.45) is 11.8 Å². The zero-order chi connectivity index (χ0) is 24.6. The van der Waals surface area contributed by atoms with Crippen LogP contribution >= 0.6 is 0 Å². The Morgan fingerprint density at radius 3 is 2.69 bits per heavy atom. The first-order valence-corrected chi connectivity index (χ1v) is 12.7. The van der Waals surface area contributed by atoms with E-state index in [1.807, 2.05) is 12.3 Å². The molecular formula is C26H31FN8O. The number of carbonyl (C=O) groups excluding carboxylic acids is 1. The van der Waals surface area contributed by atoms with Gasteiger partial charge in [-0.3, -0.25) is 4.79 Å². The average molecular weight is 491 g/mol. The van der Waals surface area contributed by atoms with Crippen LogP contribution in [-0.4, -0.2) is 70.5 Å². The number of hydrogen-bond donors (Lipinski definition) is 3. The molecule has 0 atom stereocenters. The van der Waals surface area contributed by atoms with E-state index in [-0.39, 0.29) is 17.5 Å². The number of halogens is 1. The van der Waals surface area contributed by atoms with Crippen LogP contribution in [-0.2, 0) is 6.42 Å². The topological polar surface area (TPSA) is 102 Å². The molecule has 0 spiro atoms. The summed E-state index contributed by atoms with van der Waals surface area (Å²) in [5.41, 5.74) is 3.00. The SMILES string of the molecule is CN1CC(CC2CCN(c3ccc(Nc4ncc(F)c(-c5cc6c([nH]5)CCNC6=O)n4)nc3)CC2)C1. The summed E-state index contributed by atoms with van der Waals surface area (Å²) in [4.78, 5) is 33.0. The molecule has 0 radical (unpaired) electrons. The number of likely N-dealkylation sites (tertiary alicyclic amines) is 1. The van der Waals surface area contributed by atoms with Crippen molar-refractivity contribution in [3.63, 3.8) is 0 Å². The Morgan fingerprint density at radius 1 is 1.14 bits per heavy atom. The van der Waals surface area contributed by atoms with Crippen molar-refractivity contribution in [3.05, 3.63) is 47.7 Å². The molecule has 36 heavy (non-hydrogen) atoms. The number of aromatic nitrogens is 4. The number of rotatable bonds is 6. The van der Waals surface area contributed by atoms with Crippen molar-refractivity contribution in [3.8, 4) is 11.4 Å². The molecule has 2 saturated heterocycles. The van der Waals surface area contributed by atoms with Gasteiger partial charge in [-0.15, -0.1) is 0 Å². The molecule has 3 aliphatic heterocycles. The third kappa shape index (κ3) is 4.65. The Morgan fingerprint density at radius 2 is 1.97 bits per heavy atom. The highest BCUT2D eigenvalue weighted by atomic mass is 19.1. The van der Waals surface area contributed by atoms with Crippen molar-refractivity contribution in [2.75, 3.05) is 50.0 Å². The van der Waals surface area contributed by atoms with Gasteiger partial charge in [-0.1, -0.05) is 0 Å². The highest BCUT2D eigenvalue weighted by molar-refractivity contribution is 5.97. The van der Waals surface area contributed by atoms with Crippen LogP contribution < -0.4 is 15.5 Å². The summed E-state index contributed by atoms with van der Waals surface area (Å²) in [5.74, 6) is 1.83. The number of H-pyrrole nitrogens is 1. The summed E-state index contributed by atoms with van der Waals surface area (Å²) in [6.07, 6.45) is 7.49. The molecule has 0 aliphatic carbocycles. The van der Waals surface area contributed by atoms with Crippen molar-refractivity contribution in [1.82, 2.24) is 30.2 Å². The van der Waals surface area contributed by atoms with E-state index < -0.39 is 5.82 Å². The second-order valence-corrected chi connectivity index (χ2v) is 10.3. The van der Waals surface area contributed by atoms with Crippen LogP contribution in [0.25, 0.3) is 11.4 Å². The number of fused-ring (bicyclic) bond motifs is 1. The number of nitrogens with one attached hydrogen (secondary N) is 3. The van der Waals surface area contributed by atoms with Gasteiger partial charge in [0, 0.05) is 44.8 Å². The number of hydrogen-bond acceptors (Lipinski definition) is 7. The second kappa shape index (κ2) is 9.50. The lowest BCUT2D eigenvalue weighted by atomic mass is 9.84. The minimum atomic E-state index is -0.560. The van der Waals surface area contributed by atoms with Crippen LogP contribution in [0.15, 0.2) is 30.6 Å². The fourth-order valence-electron chi connectivity index (χ4n) is 5.67. The fourth-order valence-corrected chi connectivity index (χ4v) is 5.67. The maximum absolute atomic E-state index is 14.6. The van der Waals surface area contributed by atoms with E-state index in [2.05, 4.69) is 53.5 Å². The van der Waals surface area contributed by atoms with E-state index in [1.165, 1.54) is 32.4 Å². The number of carbonyl (C=O) groups is 1. The van der Waals surface area contributed by atoms with Gasteiger partial charge in [0.25, 0.3) is 5.91 Å². The molecule has 0 bridgehead atoms. The Hall–Kier alpha value is -3.53. The van der Waals surface area contributed by atoms with Crippen molar-refractivity contribution in [2.45, 2.75) is 25.7 Å². The lowest BCUT2D eigenvalue weighted by Crippen LogP contribution is -2.45. The van der Waals surface area contributed by atoms with Gasteiger partial charge in [0.05, 0.1) is 29.3 Å². The number of anilines is 3. The summed E-state index contributed by atoms with van der Waals surface area (Å²) >= 11 is 0. The molecule has 0 saturated carbocycles. The molecule has 3 aliphatic rings. The molecule has 3 N–H and O–H groups in total. The zero-order valence-corrected chi connectivity index (χ0v) is 20.4. The maximum atomic E-state index is 14.6. The van der Waals surface area contributed by atoms with Gasteiger partial charge in [-0.25, -0.2) is 19.3 Å². The van der Waals surface area contributed by atoms with E-state index in [1.54, 1.807) is 6.07 Å². The molecular weight excluding hydrogens is 459 g/mol. The molecule has 0 unspecified atom stereocenters. The van der Waals surface area contributed by atoms with Gasteiger partial charge in [-0.2, -0.15) is 0 Å². The molecule has 188 valence electrons. The first-order chi connectivity index (χ1) is 17.5. The molecule has 6 rings (SSSR count). The van der Waals surface area contributed by atoms with Crippen LogP contribution in [0.2, 0.25) is 0 Å². The molecule has 3 aromatic rings. The third-order valence-corrected chi connectivity index (χ3v) is 7.58. The van der Waals surface area contributed by atoms with Crippen LogP contribution in [0, 0.1) is 17.7 Å². The van der Waals surface area contributed by atoms with Crippen molar-refractivity contribution in [1.29, 1.82) is 0 Å². The monoisotopic (exact) mass is 490 g/mol. The van der Waals surface area contributed by atoms with Crippen LogP contribution in [0.1, 0.15) is 35.3 Å². The van der Waals surface area contributed by atoms with Gasteiger partial charge in [-0.05, 0) is 56.3 Å². The summed E-state index contributed by atoms with van der Waals surface area (Å²) in [6, 6.07) is 5.59. The first kappa shape index (κ1) is 22.9. The van der Waals surface area contributed by atoms with Crippen molar-refractivity contribution >= 4 is 23.4 Å². The zero-order valence-electron chi connectivity index (χ0n) is 20.4. The van der Waals surface area contributed by atoms with Gasteiger partial charge in [0.2, 0.25) is 5.95 Å². The maximum Gasteiger partial charge on any atom is 0.253 e. The smallest absolute Gasteiger partial charge is 0.253 e. The fraction of sp³-hybridized carbons (Fsp3) is 0.462. The summed E-state index contributed by atoms with van der Waals surface area (Å²) in [7, 11) is 2.20. The summed E-state index contributed by atoms with van der Waals surface area (Å²) in [5, 5.41) is 5.87. The Kier molecular flexibility index (Phi) is 6.04. The van der Waals surface area contributed by atoms with E-state index in [0.29, 0.717) is 30.0 Å². The molecule has 6 heterocycles. The Labute approximate surface area is 209 Å². The number of nitrogens with zero attached hydrogens (tertiary/aromatic N) is 5.